The molecule has 0 atom stereocenters. The molecule has 0 nitrogen and oxygen atoms in total. The second-order valence-electron chi connectivity index (χ2n) is 10.5. The first kappa shape index (κ1) is 20.5. The van der Waals surface area contributed by atoms with E-state index in [1.165, 1.54) is 55.6 Å². The van der Waals surface area contributed by atoms with Gasteiger partial charge in [0.25, 0.3) is 0 Å². The zero-order valence-electron chi connectivity index (χ0n) is 20.3. The van der Waals surface area contributed by atoms with Gasteiger partial charge in [-0.2, -0.15) is 0 Å². The van der Waals surface area contributed by atoms with Crippen LogP contribution >= 0.6 is 0 Å². The van der Waals surface area contributed by atoms with Crippen molar-refractivity contribution >= 4 is 0 Å². The van der Waals surface area contributed by atoms with E-state index in [-0.39, 0.29) is 10.8 Å². The first-order valence-electron chi connectivity index (χ1n) is 12.6. The summed E-state index contributed by atoms with van der Waals surface area (Å²) >= 11 is 0. The molecule has 0 aromatic heterocycles. The van der Waals surface area contributed by atoms with E-state index in [9.17, 15) is 0 Å². The Morgan fingerprint density at radius 1 is 0.457 bits per heavy atom. The van der Waals surface area contributed by atoms with Crippen LogP contribution in [0.25, 0.3) is 11.1 Å². The van der Waals surface area contributed by atoms with E-state index >= 15 is 0 Å². The molecule has 0 radical (unpaired) electrons. The summed E-state index contributed by atoms with van der Waals surface area (Å²) in [4.78, 5) is 0. The number of hydrogen-bond acceptors (Lipinski definition) is 0. The van der Waals surface area contributed by atoms with Gasteiger partial charge in [0.05, 0.1) is 5.41 Å². The van der Waals surface area contributed by atoms with Crippen molar-refractivity contribution in [3.05, 3.63) is 166 Å². The van der Waals surface area contributed by atoms with Gasteiger partial charge in [0, 0.05) is 5.41 Å². The fourth-order valence-electron chi connectivity index (χ4n) is 6.86. The molecule has 168 valence electrons. The highest BCUT2D eigenvalue weighted by molar-refractivity contribution is 5.82. The van der Waals surface area contributed by atoms with Gasteiger partial charge in [0.15, 0.2) is 0 Å². The molecular formula is C35H28. The number of rotatable bonds is 2. The second kappa shape index (κ2) is 7.30. The van der Waals surface area contributed by atoms with E-state index < -0.39 is 0 Å². The predicted molar refractivity (Wildman–Crippen MR) is 145 cm³/mol. The van der Waals surface area contributed by atoms with Crippen LogP contribution in [-0.2, 0) is 17.3 Å². The Bertz CT molecular complexity index is 1540. The lowest BCUT2D eigenvalue weighted by molar-refractivity contribution is 0.658. The van der Waals surface area contributed by atoms with Crippen molar-refractivity contribution in [2.75, 3.05) is 0 Å². The van der Waals surface area contributed by atoms with E-state index in [0.29, 0.717) is 0 Å². The monoisotopic (exact) mass is 448 g/mol. The van der Waals surface area contributed by atoms with Crippen LogP contribution in [0.15, 0.2) is 121 Å². The molecule has 5 aromatic carbocycles. The third-order valence-electron chi connectivity index (χ3n) is 8.45. The van der Waals surface area contributed by atoms with Crippen molar-refractivity contribution < 1.29 is 0 Å². The van der Waals surface area contributed by atoms with E-state index in [2.05, 4.69) is 135 Å². The summed E-state index contributed by atoms with van der Waals surface area (Å²) in [5, 5.41) is 0. The summed E-state index contributed by atoms with van der Waals surface area (Å²) in [6.45, 7) is 4.71. The Labute approximate surface area is 207 Å². The van der Waals surface area contributed by atoms with Gasteiger partial charge in [-0.25, -0.2) is 0 Å². The highest BCUT2D eigenvalue weighted by atomic mass is 14.5. The Kier molecular flexibility index (Phi) is 4.27. The molecule has 2 aliphatic carbocycles. The van der Waals surface area contributed by atoms with Gasteiger partial charge in [0.1, 0.15) is 0 Å². The molecule has 0 fully saturated rings. The summed E-state index contributed by atoms with van der Waals surface area (Å²) in [5.74, 6) is 0. The molecule has 0 spiro atoms. The van der Waals surface area contributed by atoms with Crippen LogP contribution in [-0.4, -0.2) is 0 Å². The molecule has 0 saturated carbocycles. The molecule has 5 aromatic rings. The zero-order valence-corrected chi connectivity index (χ0v) is 20.3. The average molecular weight is 449 g/mol. The molecule has 0 aliphatic heterocycles. The van der Waals surface area contributed by atoms with Crippen molar-refractivity contribution in [2.45, 2.75) is 31.1 Å². The van der Waals surface area contributed by atoms with Crippen LogP contribution in [0.3, 0.4) is 0 Å². The smallest absolute Gasteiger partial charge is 0.0622 e. The molecular weight excluding hydrogens is 420 g/mol. The SMILES string of the molecule is CC1(C)c2ccccc2-c2cc(C3(c4ccccc4)c4ccccc4Cc4ccccc43)ccc21. The van der Waals surface area contributed by atoms with Gasteiger partial charge in [-0.1, -0.05) is 129 Å². The van der Waals surface area contributed by atoms with E-state index in [4.69, 9.17) is 0 Å². The Morgan fingerprint density at radius 3 is 1.69 bits per heavy atom. The van der Waals surface area contributed by atoms with Crippen molar-refractivity contribution in [1.82, 2.24) is 0 Å². The van der Waals surface area contributed by atoms with Crippen molar-refractivity contribution in [3.8, 4) is 11.1 Å². The van der Waals surface area contributed by atoms with Gasteiger partial charge in [0.2, 0.25) is 0 Å². The van der Waals surface area contributed by atoms with Crippen LogP contribution in [0.2, 0.25) is 0 Å². The largest absolute Gasteiger partial charge is 0.0707 e. The van der Waals surface area contributed by atoms with Gasteiger partial charge in [-0.05, 0) is 68.1 Å². The van der Waals surface area contributed by atoms with Crippen LogP contribution < -0.4 is 0 Å². The minimum Gasteiger partial charge on any atom is -0.0622 e. The zero-order chi connectivity index (χ0) is 23.6. The van der Waals surface area contributed by atoms with Crippen molar-refractivity contribution in [3.63, 3.8) is 0 Å². The summed E-state index contributed by atoms with van der Waals surface area (Å²) in [5.41, 5.74) is 13.5. The van der Waals surface area contributed by atoms with Crippen LogP contribution in [0.5, 0.6) is 0 Å². The van der Waals surface area contributed by atoms with Crippen molar-refractivity contribution in [1.29, 1.82) is 0 Å². The average Bonchev–Trinajstić information content (AvgIpc) is 3.14. The molecule has 35 heavy (non-hydrogen) atoms. The molecule has 0 unspecified atom stereocenters. The molecule has 0 bridgehead atoms. The minimum atomic E-state index is -0.358. The maximum atomic E-state index is 2.49. The minimum absolute atomic E-state index is 0.00669. The topological polar surface area (TPSA) is 0 Å². The third-order valence-corrected chi connectivity index (χ3v) is 8.45. The molecule has 2 aliphatic rings. The maximum Gasteiger partial charge on any atom is 0.0707 e. The number of hydrogen-bond donors (Lipinski definition) is 0. The molecule has 0 heteroatoms. The lowest BCUT2D eigenvalue weighted by atomic mass is 9.59. The Hall–Kier alpha value is -3.90. The predicted octanol–water partition coefficient (Wildman–Crippen LogP) is 8.28. The standard InChI is InChI=1S/C35H28/c1-34(2)32-19-11-8-16-28(32)29-23-27(20-21-33(29)34)35(26-14-4-3-5-15-26)30-17-9-6-12-24(30)22-25-13-7-10-18-31(25)35/h3-21,23H,22H2,1-2H3. The fourth-order valence-corrected chi connectivity index (χ4v) is 6.86. The molecule has 0 heterocycles. The van der Waals surface area contributed by atoms with Crippen molar-refractivity contribution in [2.24, 2.45) is 0 Å². The van der Waals surface area contributed by atoms with Crippen LogP contribution in [0, 0.1) is 0 Å². The molecule has 0 saturated heterocycles. The van der Waals surface area contributed by atoms with E-state index in [0.717, 1.165) is 6.42 Å². The maximum absolute atomic E-state index is 2.49. The Balaban J connectivity index is 1.61. The fraction of sp³-hybridized carbons (Fsp3) is 0.143. The molecule has 0 N–H and O–H groups in total. The summed E-state index contributed by atoms with van der Waals surface area (Å²) in [6.07, 6.45) is 0.974. The lowest BCUT2D eigenvalue weighted by Crippen LogP contribution is -2.36. The summed E-state index contributed by atoms with van der Waals surface area (Å²) < 4.78 is 0. The van der Waals surface area contributed by atoms with Gasteiger partial charge < -0.3 is 0 Å². The van der Waals surface area contributed by atoms with Gasteiger partial charge in [-0.3, -0.25) is 0 Å². The number of fused-ring (bicyclic) bond motifs is 5. The van der Waals surface area contributed by atoms with Crippen LogP contribution in [0.4, 0.5) is 0 Å². The van der Waals surface area contributed by atoms with Gasteiger partial charge in [-0.15, -0.1) is 0 Å². The lowest BCUT2D eigenvalue weighted by Gasteiger charge is -2.42. The normalized spacial score (nSPS) is 16.1. The van der Waals surface area contributed by atoms with Gasteiger partial charge >= 0.3 is 0 Å². The quantitative estimate of drug-likeness (QED) is 0.250. The highest BCUT2D eigenvalue weighted by Gasteiger charge is 2.45. The summed E-state index contributed by atoms with van der Waals surface area (Å²) in [6, 6.07) is 45.5. The first-order chi connectivity index (χ1) is 17.1. The second-order valence-corrected chi connectivity index (χ2v) is 10.5. The van der Waals surface area contributed by atoms with E-state index in [1.807, 2.05) is 0 Å². The van der Waals surface area contributed by atoms with Crippen LogP contribution in [0.1, 0.15) is 58.4 Å². The molecule has 7 rings (SSSR count). The highest BCUT2D eigenvalue weighted by Crippen LogP contribution is 2.54. The van der Waals surface area contributed by atoms with E-state index in [1.54, 1.807) is 0 Å². The third kappa shape index (κ3) is 2.68. The number of benzene rings is 5. The Morgan fingerprint density at radius 2 is 1.00 bits per heavy atom. The first-order valence-corrected chi connectivity index (χ1v) is 12.6. The summed E-state index contributed by atoms with van der Waals surface area (Å²) in [7, 11) is 0. The molecule has 0 amide bonds.